The van der Waals surface area contributed by atoms with E-state index in [1.807, 2.05) is 31.7 Å². The minimum Gasteiger partial charge on any atom is -0.444 e. The third kappa shape index (κ3) is 5.68. The lowest BCUT2D eigenvalue weighted by Gasteiger charge is -2.30. The Morgan fingerprint density at radius 2 is 1.83 bits per heavy atom. The number of hydrogen-bond acceptors (Lipinski definition) is 3. The molecule has 0 atom stereocenters. The van der Waals surface area contributed by atoms with Gasteiger partial charge in [-0.15, -0.1) is 0 Å². The zero-order chi connectivity index (χ0) is 21.0. The number of nitrogens with zero attached hydrogens (tertiary/aromatic N) is 2. The minimum absolute atomic E-state index is 0.0357. The van der Waals surface area contributed by atoms with Gasteiger partial charge < -0.3 is 14.5 Å². The first kappa shape index (κ1) is 21.1. The van der Waals surface area contributed by atoms with E-state index < -0.39 is 5.60 Å². The van der Waals surface area contributed by atoms with Crippen molar-refractivity contribution in [2.45, 2.75) is 45.6 Å². The van der Waals surface area contributed by atoms with E-state index in [2.05, 4.69) is 0 Å². The smallest absolute Gasteiger partial charge is 0.410 e. The van der Waals surface area contributed by atoms with Gasteiger partial charge in [0.05, 0.1) is 0 Å². The highest BCUT2D eigenvalue weighted by Crippen LogP contribution is 2.28. The standard InChI is InChI=1S/C23H29FN2O3/c1-23(2,3)29-22(28)26-14-10-17(11-15-26)20-8-7-19(24)16-18(20)6-9-21(27)25-12-4-5-13-25/h6-10,16H,4-5,11-15H2,1-3H3/b9-6+. The molecule has 156 valence electrons. The first-order valence-electron chi connectivity index (χ1n) is 10.2. The van der Waals surface area contributed by atoms with Crippen molar-refractivity contribution in [2.75, 3.05) is 26.2 Å². The predicted octanol–water partition coefficient (Wildman–Crippen LogP) is 4.49. The molecule has 6 heteroatoms. The van der Waals surface area contributed by atoms with Gasteiger partial charge in [0.25, 0.3) is 0 Å². The van der Waals surface area contributed by atoms with E-state index in [1.165, 1.54) is 18.2 Å². The second-order valence-electron chi connectivity index (χ2n) is 8.50. The van der Waals surface area contributed by atoms with Crippen LogP contribution in [0.5, 0.6) is 0 Å². The molecular weight excluding hydrogens is 371 g/mol. The lowest BCUT2D eigenvalue weighted by atomic mass is 9.94. The Bertz CT molecular complexity index is 833. The van der Waals surface area contributed by atoms with E-state index in [9.17, 15) is 14.0 Å². The molecule has 1 aromatic rings. The molecule has 2 aliphatic rings. The highest BCUT2D eigenvalue weighted by atomic mass is 19.1. The Balaban J connectivity index is 1.74. The van der Waals surface area contributed by atoms with Gasteiger partial charge in [-0.25, -0.2) is 9.18 Å². The minimum atomic E-state index is -0.530. The Morgan fingerprint density at radius 3 is 2.45 bits per heavy atom. The van der Waals surface area contributed by atoms with Crippen molar-refractivity contribution in [1.82, 2.24) is 9.80 Å². The molecular formula is C23H29FN2O3. The van der Waals surface area contributed by atoms with Crippen LogP contribution in [0.2, 0.25) is 0 Å². The molecule has 1 saturated heterocycles. The van der Waals surface area contributed by atoms with Gasteiger partial charge in [0.2, 0.25) is 5.91 Å². The average molecular weight is 400 g/mol. The van der Waals surface area contributed by atoms with Crippen LogP contribution in [0, 0.1) is 5.82 Å². The Labute approximate surface area is 171 Å². The largest absolute Gasteiger partial charge is 0.444 e. The van der Waals surface area contributed by atoms with Crippen LogP contribution in [0.4, 0.5) is 9.18 Å². The van der Waals surface area contributed by atoms with Crippen LogP contribution >= 0.6 is 0 Å². The number of ether oxygens (including phenoxy) is 1. The van der Waals surface area contributed by atoms with Gasteiger partial charge in [-0.2, -0.15) is 0 Å². The molecule has 0 aliphatic carbocycles. The lowest BCUT2D eigenvalue weighted by Crippen LogP contribution is -2.39. The van der Waals surface area contributed by atoms with E-state index >= 15 is 0 Å². The van der Waals surface area contributed by atoms with Crippen LogP contribution in [0.15, 0.2) is 30.4 Å². The van der Waals surface area contributed by atoms with E-state index in [4.69, 9.17) is 4.74 Å². The molecule has 3 rings (SSSR count). The highest BCUT2D eigenvalue weighted by molar-refractivity contribution is 5.93. The summed E-state index contributed by atoms with van der Waals surface area (Å²) in [6, 6.07) is 4.62. The summed E-state index contributed by atoms with van der Waals surface area (Å²) in [6.45, 7) is 8.07. The molecule has 1 fully saturated rings. The molecule has 0 spiro atoms. The Kier molecular flexibility index (Phi) is 6.40. The third-order valence-electron chi connectivity index (χ3n) is 5.04. The van der Waals surface area contributed by atoms with Gasteiger partial charge in [0.1, 0.15) is 11.4 Å². The fourth-order valence-corrected chi connectivity index (χ4v) is 3.57. The van der Waals surface area contributed by atoms with Crippen LogP contribution in [0.1, 0.15) is 51.2 Å². The van der Waals surface area contributed by atoms with Gasteiger partial charge in [-0.3, -0.25) is 4.79 Å². The van der Waals surface area contributed by atoms with E-state index in [0.29, 0.717) is 25.1 Å². The van der Waals surface area contributed by atoms with E-state index in [0.717, 1.165) is 37.1 Å². The quantitative estimate of drug-likeness (QED) is 0.703. The summed E-state index contributed by atoms with van der Waals surface area (Å²) in [4.78, 5) is 28.0. The van der Waals surface area contributed by atoms with E-state index in [1.54, 1.807) is 17.0 Å². The average Bonchev–Trinajstić information content (AvgIpc) is 3.20. The number of hydrogen-bond donors (Lipinski definition) is 0. The number of benzene rings is 1. The molecule has 0 aromatic heterocycles. The van der Waals surface area contributed by atoms with Crippen molar-refractivity contribution in [3.05, 3.63) is 47.3 Å². The molecule has 0 unspecified atom stereocenters. The normalized spacial score (nSPS) is 17.6. The number of halogens is 1. The Hall–Kier alpha value is -2.63. The van der Waals surface area contributed by atoms with Gasteiger partial charge >= 0.3 is 6.09 Å². The molecule has 29 heavy (non-hydrogen) atoms. The summed E-state index contributed by atoms with van der Waals surface area (Å²) in [5, 5.41) is 0. The topological polar surface area (TPSA) is 49.9 Å². The van der Waals surface area contributed by atoms with Crippen molar-refractivity contribution < 1.29 is 18.7 Å². The monoisotopic (exact) mass is 400 g/mol. The number of likely N-dealkylation sites (tertiary alicyclic amines) is 1. The maximum atomic E-state index is 13.8. The maximum Gasteiger partial charge on any atom is 0.410 e. The molecule has 1 aromatic carbocycles. The second-order valence-corrected chi connectivity index (χ2v) is 8.50. The maximum absolute atomic E-state index is 13.8. The number of amides is 2. The van der Waals surface area contributed by atoms with Crippen molar-refractivity contribution in [3.8, 4) is 0 Å². The Morgan fingerprint density at radius 1 is 1.10 bits per heavy atom. The molecule has 0 saturated carbocycles. The third-order valence-corrected chi connectivity index (χ3v) is 5.04. The van der Waals surface area contributed by atoms with Crippen LogP contribution in [0.25, 0.3) is 11.6 Å². The lowest BCUT2D eigenvalue weighted by molar-refractivity contribution is -0.124. The summed E-state index contributed by atoms with van der Waals surface area (Å²) in [7, 11) is 0. The predicted molar refractivity (Wildman–Crippen MR) is 112 cm³/mol. The zero-order valence-electron chi connectivity index (χ0n) is 17.4. The first-order chi connectivity index (χ1) is 13.7. The SMILES string of the molecule is CC(C)(C)OC(=O)N1CC=C(c2ccc(F)cc2/C=C/C(=O)N2CCCC2)CC1. The number of carbonyl (C=O) groups excluding carboxylic acids is 2. The van der Waals surface area contributed by atoms with Gasteiger partial charge in [0, 0.05) is 32.3 Å². The molecule has 2 amide bonds. The van der Waals surface area contributed by atoms with Crippen LogP contribution in [-0.4, -0.2) is 53.6 Å². The van der Waals surface area contributed by atoms with Crippen LogP contribution in [-0.2, 0) is 9.53 Å². The van der Waals surface area contributed by atoms with Gasteiger partial charge in [0.15, 0.2) is 0 Å². The summed E-state index contributed by atoms with van der Waals surface area (Å²) in [6.07, 6.45) is 7.58. The fraction of sp³-hybridized carbons (Fsp3) is 0.478. The summed E-state index contributed by atoms with van der Waals surface area (Å²) in [5.41, 5.74) is 2.08. The zero-order valence-corrected chi connectivity index (χ0v) is 17.4. The second kappa shape index (κ2) is 8.80. The van der Waals surface area contributed by atoms with Gasteiger partial charge in [-0.1, -0.05) is 12.1 Å². The molecule has 2 aliphatic heterocycles. The summed E-state index contributed by atoms with van der Waals surface area (Å²) >= 11 is 0. The number of carbonyl (C=O) groups is 2. The molecule has 0 bridgehead atoms. The summed E-state index contributed by atoms with van der Waals surface area (Å²) < 4.78 is 19.3. The molecule has 5 nitrogen and oxygen atoms in total. The van der Waals surface area contributed by atoms with Crippen molar-refractivity contribution in [3.63, 3.8) is 0 Å². The number of rotatable bonds is 3. The van der Waals surface area contributed by atoms with Crippen LogP contribution in [0.3, 0.4) is 0 Å². The van der Waals surface area contributed by atoms with Crippen LogP contribution < -0.4 is 0 Å². The highest BCUT2D eigenvalue weighted by Gasteiger charge is 2.24. The first-order valence-corrected chi connectivity index (χ1v) is 10.2. The molecule has 2 heterocycles. The van der Waals surface area contributed by atoms with E-state index in [-0.39, 0.29) is 17.8 Å². The van der Waals surface area contributed by atoms with Crippen molar-refractivity contribution >= 4 is 23.6 Å². The fourth-order valence-electron chi connectivity index (χ4n) is 3.57. The molecule has 0 N–H and O–H groups in total. The van der Waals surface area contributed by atoms with Gasteiger partial charge in [-0.05, 0) is 74.9 Å². The van der Waals surface area contributed by atoms with Crippen molar-refractivity contribution in [1.29, 1.82) is 0 Å². The van der Waals surface area contributed by atoms with Crippen molar-refractivity contribution in [2.24, 2.45) is 0 Å². The summed E-state index contributed by atoms with van der Waals surface area (Å²) in [5.74, 6) is -0.375. The molecule has 0 radical (unpaired) electrons.